The highest BCUT2D eigenvalue weighted by Crippen LogP contribution is 2.18. The first-order chi connectivity index (χ1) is 8.38. The van der Waals surface area contributed by atoms with E-state index in [2.05, 4.69) is 4.18 Å². The second-order valence-electron chi connectivity index (χ2n) is 3.68. The summed E-state index contributed by atoms with van der Waals surface area (Å²) in [6.45, 7) is 1.81. The third-order valence-corrected chi connectivity index (χ3v) is 3.48. The highest BCUT2D eigenvalue weighted by atomic mass is 32.2. The normalized spacial score (nSPS) is 15.3. The lowest BCUT2D eigenvalue weighted by molar-refractivity contribution is -0.124. The van der Waals surface area contributed by atoms with Crippen LogP contribution in [0.25, 0.3) is 0 Å². The second kappa shape index (κ2) is 4.26. The summed E-state index contributed by atoms with van der Waals surface area (Å²) in [4.78, 5) is 21.9. The molecule has 0 aromatic heterocycles. The molecule has 7 heteroatoms. The third-order valence-electron chi connectivity index (χ3n) is 2.23. The summed E-state index contributed by atoms with van der Waals surface area (Å²) in [5, 5.41) is 1.89. The van der Waals surface area contributed by atoms with Gasteiger partial charge in [-0.05, 0) is 19.1 Å². The molecule has 0 spiro atoms. The van der Waals surface area contributed by atoms with Crippen molar-refractivity contribution in [3.63, 3.8) is 0 Å². The van der Waals surface area contributed by atoms with Gasteiger partial charge in [0.1, 0.15) is 4.90 Å². The van der Waals surface area contributed by atoms with Crippen LogP contribution in [0.5, 0.6) is 0 Å². The summed E-state index contributed by atoms with van der Waals surface area (Å²) in [5.41, 5.74) is 0.891. The van der Waals surface area contributed by atoms with Gasteiger partial charge in [-0.25, -0.2) is 0 Å². The van der Waals surface area contributed by atoms with E-state index in [4.69, 9.17) is 0 Å². The molecule has 1 aliphatic heterocycles. The summed E-state index contributed by atoms with van der Waals surface area (Å²) in [5.74, 6) is -2.09. The van der Waals surface area contributed by atoms with Gasteiger partial charge < -0.3 is 4.18 Å². The molecule has 1 aromatic carbocycles. The van der Waals surface area contributed by atoms with E-state index in [1.54, 1.807) is 12.1 Å². The molecule has 0 unspecified atom stereocenters. The molecular weight excluding hydrogens is 258 g/mol. The van der Waals surface area contributed by atoms with E-state index < -0.39 is 27.7 Å². The molecule has 18 heavy (non-hydrogen) atoms. The molecule has 1 aliphatic rings. The molecule has 0 saturated heterocycles. The van der Waals surface area contributed by atoms with E-state index >= 15 is 0 Å². The number of carbonyl (C=O) groups is 2. The van der Waals surface area contributed by atoms with Crippen molar-refractivity contribution in [1.29, 1.82) is 0 Å². The lowest BCUT2D eigenvalue weighted by atomic mass is 10.2. The minimum Gasteiger partial charge on any atom is -0.373 e. The Bertz CT molecular complexity index is 643. The van der Waals surface area contributed by atoms with Crippen molar-refractivity contribution in [2.75, 3.05) is 0 Å². The summed E-state index contributed by atoms with van der Waals surface area (Å²) in [7, 11) is -4.10. The zero-order valence-electron chi connectivity index (χ0n) is 9.34. The van der Waals surface area contributed by atoms with Gasteiger partial charge in [0.15, 0.2) is 0 Å². The smallest absolute Gasteiger partial charge is 0.339 e. The van der Waals surface area contributed by atoms with E-state index in [1.807, 2.05) is 12.2 Å². The number of aryl methyl sites for hydroxylation is 1. The van der Waals surface area contributed by atoms with Gasteiger partial charge in [0, 0.05) is 0 Å². The molecule has 2 amide bonds. The van der Waals surface area contributed by atoms with E-state index in [0.29, 0.717) is 0 Å². The first kappa shape index (κ1) is 12.3. The number of hydrogen-bond acceptors (Lipinski definition) is 5. The second-order valence-corrected chi connectivity index (χ2v) is 5.22. The molecule has 0 radical (unpaired) electrons. The largest absolute Gasteiger partial charge is 0.373 e. The van der Waals surface area contributed by atoms with Crippen molar-refractivity contribution >= 4 is 21.9 Å². The number of rotatable bonds is 3. The fourth-order valence-electron chi connectivity index (χ4n) is 1.33. The molecule has 1 aromatic rings. The average molecular weight is 267 g/mol. The SMILES string of the molecule is Cc1ccc(S(=O)(=O)OC2=CC(=O)NC2=O)cc1. The van der Waals surface area contributed by atoms with Gasteiger partial charge in [0.2, 0.25) is 5.76 Å². The molecule has 1 heterocycles. The van der Waals surface area contributed by atoms with Crippen LogP contribution in [0.2, 0.25) is 0 Å². The summed E-state index contributed by atoms with van der Waals surface area (Å²) < 4.78 is 28.2. The number of carbonyl (C=O) groups excluding carboxylic acids is 2. The lowest BCUT2D eigenvalue weighted by Gasteiger charge is -2.06. The van der Waals surface area contributed by atoms with Gasteiger partial charge >= 0.3 is 10.1 Å². The van der Waals surface area contributed by atoms with E-state index in [0.717, 1.165) is 11.6 Å². The van der Waals surface area contributed by atoms with Crippen LogP contribution in [0.1, 0.15) is 5.56 Å². The predicted molar refractivity (Wildman–Crippen MR) is 60.7 cm³/mol. The minimum atomic E-state index is -4.10. The van der Waals surface area contributed by atoms with Crippen molar-refractivity contribution in [1.82, 2.24) is 5.32 Å². The van der Waals surface area contributed by atoms with Gasteiger partial charge in [-0.1, -0.05) is 17.7 Å². The van der Waals surface area contributed by atoms with Gasteiger partial charge in [-0.15, -0.1) is 0 Å². The van der Waals surface area contributed by atoms with Crippen LogP contribution < -0.4 is 5.32 Å². The van der Waals surface area contributed by atoms with Crippen molar-refractivity contribution in [3.8, 4) is 0 Å². The van der Waals surface area contributed by atoms with E-state index in [-0.39, 0.29) is 4.90 Å². The standard InChI is InChI=1S/C11H9NO5S/c1-7-2-4-8(5-3-7)18(15,16)17-9-6-10(13)12-11(9)14/h2-6H,1H3,(H,12,13,14). The Morgan fingerprint density at radius 3 is 2.22 bits per heavy atom. The molecule has 0 bridgehead atoms. The monoisotopic (exact) mass is 267 g/mol. The van der Waals surface area contributed by atoms with Crippen molar-refractivity contribution in [2.45, 2.75) is 11.8 Å². The molecule has 0 aliphatic carbocycles. The van der Waals surface area contributed by atoms with Crippen LogP contribution in [0.15, 0.2) is 41.0 Å². The maximum atomic E-state index is 11.8. The van der Waals surface area contributed by atoms with Gasteiger partial charge in [-0.2, -0.15) is 8.42 Å². The van der Waals surface area contributed by atoms with Crippen molar-refractivity contribution in [3.05, 3.63) is 41.7 Å². The van der Waals surface area contributed by atoms with Crippen LogP contribution in [0.3, 0.4) is 0 Å². The zero-order chi connectivity index (χ0) is 13.3. The highest BCUT2D eigenvalue weighted by Gasteiger charge is 2.28. The fraction of sp³-hybridized carbons (Fsp3) is 0.0909. The van der Waals surface area contributed by atoms with Gasteiger partial charge in [0.25, 0.3) is 11.8 Å². The molecule has 94 valence electrons. The van der Waals surface area contributed by atoms with Crippen LogP contribution in [0.4, 0.5) is 0 Å². The van der Waals surface area contributed by atoms with Crippen LogP contribution in [-0.4, -0.2) is 20.2 Å². The molecule has 2 rings (SSSR count). The Hall–Kier alpha value is -2.15. The molecule has 6 nitrogen and oxygen atoms in total. The topological polar surface area (TPSA) is 89.5 Å². The maximum Gasteiger partial charge on any atom is 0.339 e. The summed E-state index contributed by atoms with van der Waals surface area (Å²) in [6, 6.07) is 5.93. The third kappa shape index (κ3) is 2.40. The van der Waals surface area contributed by atoms with Crippen LogP contribution in [-0.2, 0) is 23.9 Å². The number of nitrogens with one attached hydrogen (secondary N) is 1. The molecular formula is C11H9NO5S. The van der Waals surface area contributed by atoms with Gasteiger partial charge in [0.05, 0.1) is 6.08 Å². The Labute approximate surface area is 103 Å². The highest BCUT2D eigenvalue weighted by molar-refractivity contribution is 7.86. The maximum absolute atomic E-state index is 11.8. The molecule has 0 atom stereocenters. The average Bonchev–Trinajstić information content (AvgIpc) is 2.57. The molecule has 0 saturated carbocycles. The number of imide groups is 1. The Kier molecular flexibility index (Phi) is 2.92. The van der Waals surface area contributed by atoms with Crippen molar-refractivity contribution < 1.29 is 22.2 Å². The number of hydrogen-bond donors (Lipinski definition) is 1. The van der Waals surface area contributed by atoms with E-state index in [9.17, 15) is 18.0 Å². The first-order valence-corrected chi connectivity index (χ1v) is 6.37. The lowest BCUT2D eigenvalue weighted by Crippen LogP contribution is -2.23. The number of amides is 2. The fourth-order valence-corrected chi connectivity index (χ4v) is 2.25. The van der Waals surface area contributed by atoms with Crippen molar-refractivity contribution in [2.24, 2.45) is 0 Å². The quantitative estimate of drug-likeness (QED) is 0.626. The first-order valence-electron chi connectivity index (χ1n) is 4.97. The minimum absolute atomic E-state index is 0.0823. The Morgan fingerprint density at radius 2 is 1.72 bits per heavy atom. The van der Waals surface area contributed by atoms with E-state index in [1.165, 1.54) is 12.1 Å². The molecule has 1 N–H and O–H groups in total. The Balaban J connectivity index is 2.28. The van der Waals surface area contributed by atoms with Gasteiger partial charge in [-0.3, -0.25) is 14.9 Å². The molecule has 0 fully saturated rings. The zero-order valence-corrected chi connectivity index (χ0v) is 10.2. The Morgan fingerprint density at radius 1 is 1.11 bits per heavy atom. The van der Waals surface area contributed by atoms with Crippen LogP contribution >= 0.6 is 0 Å². The number of benzene rings is 1. The summed E-state index contributed by atoms with van der Waals surface area (Å²) in [6.07, 6.45) is 0.800. The summed E-state index contributed by atoms with van der Waals surface area (Å²) >= 11 is 0. The predicted octanol–water partition coefficient (Wildman–Crippen LogP) is 0.241. The van der Waals surface area contributed by atoms with Crippen LogP contribution in [0, 0.1) is 6.92 Å².